The smallest absolute Gasteiger partial charge is 0.335 e. The van der Waals surface area contributed by atoms with Gasteiger partial charge in [-0.2, -0.15) is 0 Å². The van der Waals surface area contributed by atoms with Gasteiger partial charge in [-0.05, 0) is 48.4 Å². The quantitative estimate of drug-likeness (QED) is 0.464. The van der Waals surface area contributed by atoms with Crippen LogP contribution in [-0.4, -0.2) is 39.9 Å². The first-order chi connectivity index (χ1) is 14.3. The van der Waals surface area contributed by atoms with Crippen LogP contribution in [0.25, 0.3) is 6.08 Å². The molecule has 156 valence electrons. The van der Waals surface area contributed by atoms with Gasteiger partial charge in [0.15, 0.2) is 11.5 Å². The summed E-state index contributed by atoms with van der Waals surface area (Å²) < 4.78 is 11.7. The third kappa shape index (κ3) is 4.77. The van der Waals surface area contributed by atoms with Crippen molar-refractivity contribution in [1.82, 2.24) is 4.90 Å². The highest BCUT2D eigenvalue weighted by Gasteiger charge is 2.30. The van der Waals surface area contributed by atoms with Gasteiger partial charge in [0.2, 0.25) is 0 Å². The van der Waals surface area contributed by atoms with Crippen molar-refractivity contribution >= 4 is 57.9 Å². The lowest BCUT2D eigenvalue weighted by molar-refractivity contribution is -0.121. The van der Waals surface area contributed by atoms with Crippen LogP contribution in [0.2, 0.25) is 5.02 Å². The number of hydrogen-bond acceptors (Lipinski definition) is 6. The van der Waals surface area contributed by atoms with Gasteiger partial charge < -0.3 is 14.6 Å². The lowest BCUT2D eigenvalue weighted by Gasteiger charge is -2.14. The van der Waals surface area contributed by atoms with Gasteiger partial charge in [0, 0.05) is 6.54 Å². The molecule has 0 aromatic heterocycles. The summed E-state index contributed by atoms with van der Waals surface area (Å²) in [5, 5.41) is 9.42. The number of likely N-dealkylation sites (N-methyl/N-ethyl adjacent to an activating group) is 1. The summed E-state index contributed by atoms with van der Waals surface area (Å²) in [7, 11) is 1.49. The van der Waals surface area contributed by atoms with E-state index >= 15 is 0 Å². The van der Waals surface area contributed by atoms with E-state index in [1.807, 2.05) is 6.92 Å². The highest BCUT2D eigenvalue weighted by Crippen LogP contribution is 2.39. The zero-order valence-corrected chi connectivity index (χ0v) is 18.6. The molecule has 0 aliphatic carbocycles. The minimum Gasteiger partial charge on any atom is -0.493 e. The van der Waals surface area contributed by atoms with Gasteiger partial charge in [0.1, 0.15) is 10.9 Å². The lowest BCUT2D eigenvalue weighted by atomic mass is 10.1. The van der Waals surface area contributed by atoms with E-state index < -0.39 is 5.97 Å². The van der Waals surface area contributed by atoms with Crippen molar-refractivity contribution in [2.24, 2.45) is 0 Å². The van der Waals surface area contributed by atoms with Crippen LogP contribution in [0.15, 0.2) is 41.3 Å². The largest absolute Gasteiger partial charge is 0.493 e. The summed E-state index contributed by atoms with van der Waals surface area (Å²) >= 11 is 12.9. The highest BCUT2D eigenvalue weighted by molar-refractivity contribution is 8.26. The number of thiocarbonyl (C=S) groups is 1. The van der Waals surface area contributed by atoms with E-state index in [0.717, 1.165) is 0 Å². The molecule has 2 aromatic rings. The van der Waals surface area contributed by atoms with Gasteiger partial charge >= 0.3 is 5.97 Å². The van der Waals surface area contributed by atoms with Crippen LogP contribution in [0.4, 0.5) is 0 Å². The molecule has 6 nitrogen and oxygen atoms in total. The van der Waals surface area contributed by atoms with Crippen molar-refractivity contribution in [3.8, 4) is 11.5 Å². The molecule has 2 aromatic carbocycles. The SMILES string of the molecule is CCN1C(=O)C(=Cc2cc(Cl)c(OCc3cccc(C(=O)O)c3)c(OC)c2)SC1=S. The molecular formula is C21H18ClNO5S2. The number of methoxy groups -OCH3 is 1. The van der Waals surface area contributed by atoms with Crippen LogP contribution in [0, 0.1) is 0 Å². The monoisotopic (exact) mass is 463 g/mol. The Balaban J connectivity index is 1.84. The van der Waals surface area contributed by atoms with Gasteiger partial charge in [0.25, 0.3) is 5.91 Å². The Kier molecular flexibility index (Phi) is 7.02. The van der Waals surface area contributed by atoms with E-state index in [1.54, 1.807) is 30.3 Å². The summed E-state index contributed by atoms with van der Waals surface area (Å²) in [5.74, 6) is -0.418. The molecule has 1 amide bonds. The molecule has 0 atom stereocenters. The number of carbonyl (C=O) groups is 2. The summed E-state index contributed by atoms with van der Waals surface area (Å²) in [4.78, 5) is 25.6. The van der Waals surface area contributed by atoms with Gasteiger partial charge in [0.05, 0.1) is 22.6 Å². The number of benzene rings is 2. The Morgan fingerprint density at radius 1 is 1.33 bits per heavy atom. The molecule has 0 saturated carbocycles. The first kappa shape index (κ1) is 22.1. The number of amides is 1. The average Bonchev–Trinajstić information content (AvgIpc) is 2.99. The fourth-order valence-corrected chi connectivity index (χ4v) is 4.49. The van der Waals surface area contributed by atoms with Crippen molar-refractivity contribution in [1.29, 1.82) is 0 Å². The number of carboxylic acids is 1. The molecule has 30 heavy (non-hydrogen) atoms. The first-order valence-corrected chi connectivity index (χ1v) is 10.5. The van der Waals surface area contributed by atoms with Crippen LogP contribution >= 0.6 is 35.6 Å². The Bertz CT molecular complexity index is 1050. The number of rotatable bonds is 7. The van der Waals surface area contributed by atoms with E-state index in [9.17, 15) is 9.59 Å². The molecule has 0 radical (unpaired) electrons. The third-order valence-corrected chi connectivity index (χ3v) is 5.95. The number of nitrogens with zero attached hydrogens (tertiary/aromatic N) is 1. The Morgan fingerprint density at radius 3 is 2.73 bits per heavy atom. The van der Waals surface area contributed by atoms with Crippen molar-refractivity contribution < 1.29 is 24.2 Å². The fourth-order valence-electron chi connectivity index (χ4n) is 2.84. The van der Waals surface area contributed by atoms with Crippen LogP contribution in [0.1, 0.15) is 28.4 Å². The molecule has 9 heteroatoms. The number of thioether (sulfide) groups is 1. The van der Waals surface area contributed by atoms with Crippen molar-refractivity contribution in [2.75, 3.05) is 13.7 Å². The van der Waals surface area contributed by atoms with E-state index in [0.29, 0.717) is 43.4 Å². The second-order valence-electron chi connectivity index (χ2n) is 6.25. The maximum Gasteiger partial charge on any atom is 0.335 e. The number of carboxylic acid groups (broad SMARTS) is 1. The molecule has 3 rings (SSSR count). The van der Waals surface area contributed by atoms with Gasteiger partial charge in [-0.1, -0.05) is 47.7 Å². The van der Waals surface area contributed by atoms with Gasteiger partial charge in [-0.15, -0.1) is 0 Å². The normalized spacial score (nSPS) is 15.0. The fraction of sp³-hybridized carbons (Fsp3) is 0.190. The molecule has 1 fully saturated rings. The molecule has 1 aliphatic heterocycles. The van der Waals surface area contributed by atoms with Crippen LogP contribution in [0.5, 0.6) is 11.5 Å². The van der Waals surface area contributed by atoms with E-state index in [-0.39, 0.29) is 18.1 Å². The standard InChI is InChI=1S/C21H18ClNO5S2/c1-3-23-19(24)17(30-21(23)29)10-13-8-15(22)18(16(9-13)27-2)28-11-12-5-4-6-14(7-12)20(25)26/h4-10H,3,11H2,1-2H3,(H,25,26). The summed E-state index contributed by atoms with van der Waals surface area (Å²) in [6.07, 6.45) is 1.71. The summed E-state index contributed by atoms with van der Waals surface area (Å²) in [6.45, 7) is 2.50. The minimum absolute atomic E-state index is 0.117. The molecule has 1 heterocycles. The van der Waals surface area contributed by atoms with Crippen LogP contribution in [0.3, 0.4) is 0 Å². The number of carbonyl (C=O) groups excluding carboxylic acids is 1. The molecule has 0 spiro atoms. The zero-order valence-electron chi connectivity index (χ0n) is 16.2. The maximum absolute atomic E-state index is 12.4. The summed E-state index contributed by atoms with van der Waals surface area (Å²) in [5.41, 5.74) is 1.53. The Labute approximate surface area is 188 Å². The minimum atomic E-state index is -1.01. The average molecular weight is 464 g/mol. The predicted octanol–water partition coefficient (Wildman–Crippen LogP) is 4.85. The van der Waals surface area contributed by atoms with Crippen molar-refractivity contribution in [3.63, 3.8) is 0 Å². The molecule has 0 bridgehead atoms. The van der Waals surface area contributed by atoms with Crippen molar-refractivity contribution in [2.45, 2.75) is 13.5 Å². The number of hydrogen-bond donors (Lipinski definition) is 1. The van der Waals surface area contributed by atoms with Gasteiger partial charge in [-0.25, -0.2) is 4.79 Å². The second-order valence-corrected chi connectivity index (χ2v) is 8.34. The predicted molar refractivity (Wildman–Crippen MR) is 121 cm³/mol. The van der Waals surface area contributed by atoms with E-state index in [2.05, 4.69) is 0 Å². The van der Waals surface area contributed by atoms with Crippen molar-refractivity contribution in [3.05, 3.63) is 63.0 Å². The lowest BCUT2D eigenvalue weighted by Crippen LogP contribution is -2.27. The zero-order chi connectivity index (χ0) is 21.8. The van der Waals surface area contributed by atoms with Gasteiger partial charge in [-0.3, -0.25) is 9.69 Å². The first-order valence-electron chi connectivity index (χ1n) is 8.92. The molecule has 1 N–H and O–H groups in total. The molecule has 1 saturated heterocycles. The van der Waals surface area contributed by atoms with E-state index in [4.69, 9.17) is 38.4 Å². The van der Waals surface area contributed by atoms with E-state index in [1.165, 1.54) is 35.9 Å². The van der Waals surface area contributed by atoms with Crippen LogP contribution < -0.4 is 9.47 Å². The Hall–Kier alpha value is -2.55. The third-order valence-electron chi connectivity index (χ3n) is 4.30. The summed E-state index contributed by atoms with van der Waals surface area (Å²) in [6, 6.07) is 9.84. The molecule has 0 unspecified atom stereocenters. The highest BCUT2D eigenvalue weighted by atomic mass is 35.5. The number of aromatic carboxylic acids is 1. The maximum atomic E-state index is 12.4. The molecule has 1 aliphatic rings. The Morgan fingerprint density at radius 2 is 2.10 bits per heavy atom. The van der Waals surface area contributed by atoms with Crippen LogP contribution in [-0.2, 0) is 11.4 Å². The number of halogens is 1. The molecular weight excluding hydrogens is 446 g/mol. The second kappa shape index (κ2) is 9.51. The number of ether oxygens (including phenoxy) is 2. The topological polar surface area (TPSA) is 76.1 Å².